The summed E-state index contributed by atoms with van der Waals surface area (Å²) in [7, 11) is 0. The first-order chi connectivity index (χ1) is 19.0. The number of amides is 1. The van der Waals surface area contributed by atoms with Gasteiger partial charge in [-0.15, -0.1) is 0 Å². The molecule has 0 radical (unpaired) electrons. The summed E-state index contributed by atoms with van der Waals surface area (Å²) in [5.41, 5.74) is 3.46. The van der Waals surface area contributed by atoms with E-state index in [0.29, 0.717) is 25.3 Å². The van der Waals surface area contributed by atoms with Crippen LogP contribution >= 0.6 is 0 Å². The number of aliphatic hydroxyl groups is 1. The van der Waals surface area contributed by atoms with E-state index in [9.17, 15) is 9.90 Å². The van der Waals surface area contributed by atoms with Crippen LogP contribution in [0, 0.1) is 13.8 Å². The lowest BCUT2D eigenvalue weighted by Crippen LogP contribution is -2.52. The Morgan fingerprint density at radius 2 is 1.64 bits per heavy atom. The van der Waals surface area contributed by atoms with E-state index in [1.54, 1.807) is 0 Å². The van der Waals surface area contributed by atoms with Crippen molar-refractivity contribution < 1.29 is 19.4 Å². The number of anilines is 1. The standard InChI is InChI=1S/C32H47N3O4/c1-4-5-18-35(32-25(2)12-11-13-26(32)3)31(37)16-7-6-10-17-33-19-21-34(22-20-33)23-27(36)30-24-38-28-14-8-9-15-29(28)39-30/h8-9,11-15,27,30,36H,4-7,10,16-24H2,1-3H3. The molecule has 0 bridgehead atoms. The molecule has 1 N–H and O–H groups in total. The number of piperazine rings is 1. The maximum absolute atomic E-state index is 13.2. The van der Waals surface area contributed by atoms with Gasteiger partial charge in [-0.25, -0.2) is 0 Å². The fraction of sp³-hybridized carbons (Fsp3) is 0.594. The summed E-state index contributed by atoms with van der Waals surface area (Å²) in [4.78, 5) is 20.1. The zero-order valence-electron chi connectivity index (χ0n) is 24.1. The third kappa shape index (κ3) is 8.19. The number of aliphatic hydroxyl groups excluding tert-OH is 1. The zero-order chi connectivity index (χ0) is 27.6. The molecule has 39 heavy (non-hydrogen) atoms. The van der Waals surface area contributed by atoms with Crippen LogP contribution in [0.4, 0.5) is 5.69 Å². The summed E-state index contributed by atoms with van der Waals surface area (Å²) < 4.78 is 11.8. The van der Waals surface area contributed by atoms with Crippen molar-refractivity contribution >= 4 is 11.6 Å². The van der Waals surface area contributed by atoms with Crippen molar-refractivity contribution in [2.45, 2.75) is 71.5 Å². The van der Waals surface area contributed by atoms with Crippen LogP contribution in [0.15, 0.2) is 42.5 Å². The minimum absolute atomic E-state index is 0.254. The lowest BCUT2D eigenvalue weighted by Gasteiger charge is -2.37. The Morgan fingerprint density at radius 3 is 2.36 bits per heavy atom. The van der Waals surface area contributed by atoms with Crippen LogP contribution < -0.4 is 14.4 Å². The van der Waals surface area contributed by atoms with Gasteiger partial charge < -0.3 is 24.4 Å². The monoisotopic (exact) mass is 537 g/mol. The molecule has 2 aromatic rings. The summed E-state index contributed by atoms with van der Waals surface area (Å²) in [6, 6.07) is 13.9. The maximum atomic E-state index is 13.2. The number of hydrogen-bond donors (Lipinski definition) is 1. The van der Waals surface area contributed by atoms with Crippen molar-refractivity contribution in [2.24, 2.45) is 0 Å². The number of carbonyl (C=O) groups excluding carboxylic acids is 1. The number of hydrogen-bond acceptors (Lipinski definition) is 6. The highest BCUT2D eigenvalue weighted by Crippen LogP contribution is 2.32. The van der Waals surface area contributed by atoms with E-state index in [4.69, 9.17) is 9.47 Å². The normalized spacial score (nSPS) is 18.6. The van der Waals surface area contributed by atoms with Gasteiger partial charge >= 0.3 is 0 Å². The number of para-hydroxylation sites is 3. The molecule has 1 saturated heterocycles. The average Bonchev–Trinajstić information content (AvgIpc) is 2.95. The molecular formula is C32H47N3O4. The molecule has 2 aliphatic rings. The number of fused-ring (bicyclic) bond motifs is 1. The van der Waals surface area contributed by atoms with Crippen molar-refractivity contribution in [1.82, 2.24) is 9.80 Å². The van der Waals surface area contributed by atoms with Crippen LogP contribution in [-0.4, -0.2) is 85.4 Å². The van der Waals surface area contributed by atoms with E-state index in [-0.39, 0.29) is 12.0 Å². The molecule has 2 aromatic carbocycles. The minimum atomic E-state index is -0.581. The predicted molar refractivity (Wildman–Crippen MR) is 157 cm³/mol. The van der Waals surface area contributed by atoms with E-state index < -0.39 is 6.10 Å². The fourth-order valence-electron chi connectivity index (χ4n) is 5.64. The summed E-state index contributed by atoms with van der Waals surface area (Å²) in [6.45, 7) is 13.1. The molecule has 2 heterocycles. The number of benzene rings is 2. The molecule has 1 amide bonds. The van der Waals surface area contributed by atoms with Crippen LogP contribution in [0.3, 0.4) is 0 Å². The van der Waals surface area contributed by atoms with Crippen LogP contribution in [0.2, 0.25) is 0 Å². The number of rotatable bonds is 13. The van der Waals surface area contributed by atoms with Gasteiger partial charge in [-0.05, 0) is 62.9 Å². The number of unbranched alkanes of at least 4 members (excludes halogenated alkanes) is 3. The first-order valence-electron chi connectivity index (χ1n) is 14.8. The van der Waals surface area contributed by atoms with Gasteiger partial charge in [-0.3, -0.25) is 9.69 Å². The highest BCUT2D eigenvalue weighted by Gasteiger charge is 2.30. The summed E-state index contributed by atoms with van der Waals surface area (Å²) in [5.74, 6) is 1.70. The average molecular weight is 538 g/mol. The molecule has 2 aliphatic heterocycles. The van der Waals surface area contributed by atoms with Crippen molar-refractivity contribution in [1.29, 1.82) is 0 Å². The molecule has 0 spiro atoms. The van der Waals surface area contributed by atoms with E-state index in [1.807, 2.05) is 29.2 Å². The second-order valence-electron chi connectivity index (χ2n) is 11.1. The number of nitrogens with zero attached hydrogens (tertiary/aromatic N) is 3. The van der Waals surface area contributed by atoms with Crippen molar-refractivity contribution in [3.05, 3.63) is 53.6 Å². The number of ether oxygens (including phenoxy) is 2. The van der Waals surface area contributed by atoms with Crippen molar-refractivity contribution in [2.75, 3.05) is 57.3 Å². The molecule has 0 aromatic heterocycles. The summed E-state index contributed by atoms with van der Waals surface area (Å²) in [6.07, 6.45) is 4.92. The molecule has 4 rings (SSSR count). The smallest absolute Gasteiger partial charge is 0.226 e. The van der Waals surface area contributed by atoms with Crippen LogP contribution in [-0.2, 0) is 4.79 Å². The SMILES string of the molecule is CCCCN(C(=O)CCCCCN1CCN(CC(O)C2COc3ccccc3O2)CC1)c1c(C)cccc1C. The number of carbonyl (C=O) groups is 1. The molecule has 0 aliphatic carbocycles. The van der Waals surface area contributed by atoms with Gasteiger partial charge in [-0.1, -0.05) is 50.1 Å². The van der Waals surface area contributed by atoms with Gasteiger partial charge in [0.1, 0.15) is 12.7 Å². The Hall–Kier alpha value is -2.61. The molecule has 2 unspecified atom stereocenters. The van der Waals surface area contributed by atoms with Gasteiger partial charge in [0, 0.05) is 51.4 Å². The first kappa shape index (κ1) is 29.4. The largest absolute Gasteiger partial charge is 0.486 e. The van der Waals surface area contributed by atoms with Crippen molar-refractivity contribution in [3.8, 4) is 11.5 Å². The third-order valence-electron chi connectivity index (χ3n) is 7.98. The summed E-state index contributed by atoms with van der Waals surface area (Å²) >= 11 is 0. The third-order valence-corrected chi connectivity index (χ3v) is 7.98. The molecule has 1 fully saturated rings. The summed E-state index contributed by atoms with van der Waals surface area (Å²) in [5, 5.41) is 10.8. The predicted octanol–water partition coefficient (Wildman–Crippen LogP) is 4.82. The number of aryl methyl sites for hydroxylation is 2. The second-order valence-corrected chi connectivity index (χ2v) is 11.1. The molecule has 7 heteroatoms. The Kier molecular flexibility index (Phi) is 11.1. The lowest BCUT2D eigenvalue weighted by atomic mass is 10.1. The van der Waals surface area contributed by atoms with Gasteiger partial charge in [-0.2, -0.15) is 0 Å². The van der Waals surface area contributed by atoms with E-state index in [1.165, 1.54) is 11.1 Å². The van der Waals surface area contributed by atoms with Gasteiger partial charge in [0.15, 0.2) is 17.6 Å². The van der Waals surface area contributed by atoms with Crippen molar-refractivity contribution in [3.63, 3.8) is 0 Å². The fourth-order valence-corrected chi connectivity index (χ4v) is 5.64. The zero-order valence-corrected chi connectivity index (χ0v) is 24.1. The Labute approximate surface area is 234 Å². The topological polar surface area (TPSA) is 65.5 Å². The molecule has 214 valence electrons. The van der Waals surface area contributed by atoms with E-state index in [0.717, 1.165) is 82.8 Å². The van der Waals surface area contributed by atoms with Crippen LogP contribution in [0.5, 0.6) is 11.5 Å². The lowest BCUT2D eigenvalue weighted by molar-refractivity contribution is -0.118. The highest BCUT2D eigenvalue weighted by molar-refractivity contribution is 5.94. The Morgan fingerprint density at radius 1 is 0.949 bits per heavy atom. The van der Waals surface area contributed by atoms with Gasteiger partial charge in [0.2, 0.25) is 5.91 Å². The van der Waals surface area contributed by atoms with Crippen LogP contribution in [0.25, 0.3) is 0 Å². The van der Waals surface area contributed by atoms with E-state index >= 15 is 0 Å². The van der Waals surface area contributed by atoms with Gasteiger partial charge in [0.25, 0.3) is 0 Å². The minimum Gasteiger partial charge on any atom is -0.486 e. The Balaban J connectivity index is 1.12. The second kappa shape index (κ2) is 14.7. The maximum Gasteiger partial charge on any atom is 0.226 e. The molecule has 2 atom stereocenters. The first-order valence-corrected chi connectivity index (χ1v) is 14.8. The van der Waals surface area contributed by atoms with Crippen LogP contribution in [0.1, 0.15) is 56.6 Å². The molecule has 7 nitrogen and oxygen atoms in total. The van der Waals surface area contributed by atoms with E-state index in [2.05, 4.69) is 48.8 Å². The van der Waals surface area contributed by atoms with Gasteiger partial charge in [0.05, 0.1) is 0 Å². The number of β-amino-alcohol motifs (C(OH)–C–C–N with tert-alkyl or cyclic N) is 1. The highest BCUT2D eigenvalue weighted by atomic mass is 16.6. The molecular weight excluding hydrogens is 490 g/mol. The molecule has 0 saturated carbocycles. The Bertz CT molecular complexity index is 1030. The quantitative estimate of drug-likeness (QED) is 0.370.